The van der Waals surface area contributed by atoms with Crippen molar-refractivity contribution in [2.75, 3.05) is 19.5 Å². The SMILES string of the molecule is COC1C(O)[C@@H](CO)O[C@H]1n1c(Sc2ccc(Cl)cc2)nc2c(=O)[nH]c(N)nc21. The molecular weight excluding hydrogens is 422 g/mol. The maximum Gasteiger partial charge on any atom is 0.280 e. The second-order valence-electron chi connectivity index (χ2n) is 6.38. The number of fused-ring (bicyclic) bond motifs is 1. The Labute approximate surface area is 173 Å². The standard InChI is InChI=1S/C17H18ClN5O5S/c1-27-12-11(25)9(6-24)28-15(12)23-13-10(14(26)22-16(19)21-13)20-17(23)29-8-4-2-7(18)3-5-8/h2-5,9,11-12,15,24-25H,6H2,1H3,(H3,19,21,22,26)/t9-,11?,12?,15-/m1/s1. The summed E-state index contributed by atoms with van der Waals surface area (Å²) in [4.78, 5) is 24.2. The van der Waals surface area contributed by atoms with Crippen LogP contribution in [0.1, 0.15) is 6.23 Å². The lowest BCUT2D eigenvalue weighted by Gasteiger charge is -2.21. The maximum atomic E-state index is 12.4. The average molecular weight is 440 g/mol. The van der Waals surface area contributed by atoms with Crippen LogP contribution in [0, 0.1) is 0 Å². The van der Waals surface area contributed by atoms with Crippen molar-refractivity contribution < 1.29 is 19.7 Å². The Balaban J connectivity index is 1.88. The molecule has 29 heavy (non-hydrogen) atoms. The minimum absolute atomic E-state index is 0.0658. The molecule has 5 N–H and O–H groups in total. The molecular formula is C17H18ClN5O5S. The summed E-state index contributed by atoms with van der Waals surface area (Å²) in [5, 5.41) is 20.9. The van der Waals surface area contributed by atoms with Crippen LogP contribution in [-0.2, 0) is 9.47 Å². The van der Waals surface area contributed by atoms with Crippen LogP contribution in [0.25, 0.3) is 11.2 Å². The van der Waals surface area contributed by atoms with Crippen molar-refractivity contribution in [2.45, 2.75) is 34.6 Å². The first-order valence-electron chi connectivity index (χ1n) is 8.61. The molecule has 12 heteroatoms. The number of nitrogens with two attached hydrogens (primary N) is 1. The third kappa shape index (κ3) is 3.61. The monoisotopic (exact) mass is 439 g/mol. The van der Waals surface area contributed by atoms with Crippen LogP contribution in [0.15, 0.2) is 39.1 Å². The number of benzene rings is 1. The van der Waals surface area contributed by atoms with Gasteiger partial charge in [-0.1, -0.05) is 23.4 Å². The Hall–Kier alpha value is -2.15. The van der Waals surface area contributed by atoms with E-state index in [1.165, 1.54) is 18.9 Å². The van der Waals surface area contributed by atoms with Crippen molar-refractivity contribution in [3.63, 3.8) is 0 Å². The number of halogens is 1. The molecule has 4 atom stereocenters. The fourth-order valence-corrected chi connectivity index (χ4v) is 4.26. The van der Waals surface area contributed by atoms with Crippen molar-refractivity contribution >= 4 is 40.5 Å². The van der Waals surface area contributed by atoms with E-state index in [-0.39, 0.29) is 17.1 Å². The number of hydrogen-bond acceptors (Lipinski definition) is 9. The number of aromatic nitrogens is 4. The Morgan fingerprint density at radius 2 is 2.10 bits per heavy atom. The second-order valence-corrected chi connectivity index (χ2v) is 7.86. The number of ether oxygens (including phenoxy) is 2. The maximum absolute atomic E-state index is 12.4. The van der Waals surface area contributed by atoms with E-state index in [1.807, 2.05) is 0 Å². The fourth-order valence-electron chi connectivity index (χ4n) is 3.22. The summed E-state index contributed by atoms with van der Waals surface area (Å²) < 4.78 is 12.8. The number of methoxy groups -OCH3 is 1. The molecule has 1 aliphatic rings. The highest BCUT2D eigenvalue weighted by molar-refractivity contribution is 7.99. The molecule has 10 nitrogen and oxygen atoms in total. The van der Waals surface area contributed by atoms with Gasteiger partial charge in [0.25, 0.3) is 5.56 Å². The molecule has 1 saturated heterocycles. The molecule has 0 spiro atoms. The molecule has 0 radical (unpaired) electrons. The van der Waals surface area contributed by atoms with Crippen LogP contribution in [0.3, 0.4) is 0 Å². The first-order chi connectivity index (χ1) is 13.9. The Morgan fingerprint density at radius 3 is 2.76 bits per heavy atom. The number of nitrogens with zero attached hydrogens (tertiary/aromatic N) is 3. The van der Waals surface area contributed by atoms with E-state index in [0.717, 1.165) is 4.90 Å². The Morgan fingerprint density at radius 1 is 1.38 bits per heavy atom. The number of aromatic amines is 1. The minimum atomic E-state index is -1.08. The molecule has 154 valence electrons. The summed E-state index contributed by atoms with van der Waals surface area (Å²) >= 11 is 7.20. The molecule has 2 aromatic heterocycles. The van der Waals surface area contributed by atoms with E-state index >= 15 is 0 Å². The zero-order valence-electron chi connectivity index (χ0n) is 15.2. The van der Waals surface area contributed by atoms with E-state index in [2.05, 4.69) is 15.0 Å². The summed E-state index contributed by atoms with van der Waals surface area (Å²) in [5.74, 6) is -0.0853. The van der Waals surface area contributed by atoms with Crippen molar-refractivity contribution in [1.82, 2.24) is 19.5 Å². The van der Waals surface area contributed by atoms with Crippen LogP contribution >= 0.6 is 23.4 Å². The summed E-state index contributed by atoms with van der Waals surface area (Å²) in [7, 11) is 1.42. The number of aliphatic hydroxyl groups excluding tert-OH is 2. The number of aliphatic hydroxyl groups is 2. The zero-order valence-corrected chi connectivity index (χ0v) is 16.7. The first-order valence-corrected chi connectivity index (χ1v) is 9.80. The Kier molecular flexibility index (Phi) is 5.51. The normalized spacial score (nSPS) is 24.4. The number of rotatable bonds is 5. The lowest BCUT2D eigenvalue weighted by atomic mass is 10.1. The number of nitrogen functional groups attached to an aromatic ring is 1. The molecule has 3 aromatic rings. The number of anilines is 1. The summed E-state index contributed by atoms with van der Waals surface area (Å²) in [6, 6.07) is 7.07. The molecule has 0 amide bonds. The van der Waals surface area contributed by atoms with Gasteiger partial charge in [-0.05, 0) is 24.3 Å². The molecule has 1 aliphatic heterocycles. The van der Waals surface area contributed by atoms with Crippen LogP contribution in [0.4, 0.5) is 5.95 Å². The van der Waals surface area contributed by atoms with Crippen molar-refractivity contribution in [1.29, 1.82) is 0 Å². The summed E-state index contributed by atoms with van der Waals surface area (Å²) in [6.07, 6.45) is -3.66. The van der Waals surface area contributed by atoms with Gasteiger partial charge in [-0.25, -0.2) is 4.98 Å². The Bertz CT molecular complexity index is 1090. The highest BCUT2D eigenvalue weighted by atomic mass is 35.5. The lowest BCUT2D eigenvalue weighted by molar-refractivity contribution is -0.0623. The largest absolute Gasteiger partial charge is 0.394 e. The van der Waals surface area contributed by atoms with Gasteiger partial charge in [0, 0.05) is 17.0 Å². The van der Waals surface area contributed by atoms with Gasteiger partial charge in [0.1, 0.15) is 18.3 Å². The number of imidazole rings is 1. The third-order valence-corrected chi connectivity index (χ3v) is 5.81. The van der Waals surface area contributed by atoms with Gasteiger partial charge < -0.3 is 25.4 Å². The number of hydrogen-bond donors (Lipinski definition) is 4. The second kappa shape index (κ2) is 7.94. The smallest absolute Gasteiger partial charge is 0.280 e. The van der Waals surface area contributed by atoms with Crippen molar-refractivity contribution in [2.24, 2.45) is 0 Å². The average Bonchev–Trinajstić information content (AvgIpc) is 3.20. The molecule has 0 aliphatic carbocycles. The van der Waals surface area contributed by atoms with Gasteiger partial charge in [-0.3, -0.25) is 14.3 Å². The van der Waals surface area contributed by atoms with Crippen molar-refractivity contribution in [3.8, 4) is 0 Å². The summed E-state index contributed by atoms with van der Waals surface area (Å²) in [5.41, 5.74) is 5.47. The van der Waals surface area contributed by atoms with Crippen LogP contribution in [0.2, 0.25) is 5.02 Å². The predicted octanol–water partition coefficient (Wildman–Crippen LogP) is 0.772. The first kappa shape index (κ1) is 20.1. The molecule has 1 aromatic carbocycles. The molecule has 0 saturated carbocycles. The highest BCUT2D eigenvalue weighted by Gasteiger charge is 2.46. The van der Waals surface area contributed by atoms with E-state index in [4.69, 9.17) is 26.8 Å². The van der Waals surface area contributed by atoms with Gasteiger partial charge in [0.05, 0.1) is 6.61 Å². The quantitative estimate of drug-likeness (QED) is 0.452. The number of nitrogens with one attached hydrogen (secondary N) is 1. The van der Waals surface area contributed by atoms with Gasteiger partial charge in [-0.15, -0.1) is 0 Å². The van der Waals surface area contributed by atoms with E-state index < -0.39 is 36.7 Å². The van der Waals surface area contributed by atoms with Crippen LogP contribution in [-0.4, -0.2) is 61.8 Å². The fraction of sp³-hybridized carbons (Fsp3) is 0.353. The molecule has 4 rings (SSSR count). The lowest BCUT2D eigenvalue weighted by Crippen LogP contribution is -2.34. The highest BCUT2D eigenvalue weighted by Crippen LogP contribution is 2.38. The van der Waals surface area contributed by atoms with Crippen LogP contribution in [0.5, 0.6) is 0 Å². The van der Waals surface area contributed by atoms with Gasteiger partial charge in [-0.2, -0.15) is 4.98 Å². The molecule has 2 unspecified atom stereocenters. The molecule has 1 fully saturated rings. The minimum Gasteiger partial charge on any atom is -0.394 e. The number of H-pyrrole nitrogens is 1. The van der Waals surface area contributed by atoms with Gasteiger partial charge >= 0.3 is 0 Å². The third-order valence-electron chi connectivity index (χ3n) is 4.58. The predicted molar refractivity (Wildman–Crippen MR) is 106 cm³/mol. The van der Waals surface area contributed by atoms with Gasteiger partial charge in [0.15, 0.2) is 22.5 Å². The zero-order chi connectivity index (χ0) is 20.7. The molecule has 3 heterocycles. The molecule has 0 bridgehead atoms. The van der Waals surface area contributed by atoms with Crippen LogP contribution < -0.4 is 11.3 Å². The van der Waals surface area contributed by atoms with E-state index in [1.54, 1.807) is 28.8 Å². The van der Waals surface area contributed by atoms with Crippen molar-refractivity contribution in [3.05, 3.63) is 39.6 Å². The van der Waals surface area contributed by atoms with Gasteiger partial charge in [0.2, 0.25) is 5.95 Å². The van der Waals surface area contributed by atoms with E-state index in [0.29, 0.717) is 10.2 Å². The van der Waals surface area contributed by atoms with E-state index in [9.17, 15) is 15.0 Å². The topological polar surface area (TPSA) is 149 Å². The summed E-state index contributed by atoms with van der Waals surface area (Å²) in [6.45, 7) is -0.403.